The van der Waals surface area contributed by atoms with Crippen molar-refractivity contribution in [1.29, 1.82) is 5.26 Å². The molecule has 1 aromatic carbocycles. The van der Waals surface area contributed by atoms with Gasteiger partial charge in [-0.25, -0.2) is 4.98 Å². The molecule has 0 saturated heterocycles. The molecule has 16 heavy (non-hydrogen) atoms. The van der Waals surface area contributed by atoms with E-state index in [0.717, 1.165) is 10.2 Å². The number of hydrogen-bond donors (Lipinski definition) is 2. The first-order valence-corrected chi connectivity index (χ1v) is 5.33. The number of nitrogens with zero attached hydrogens (tertiary/aromatic N) is 2. The minimum absolute atomic E-state index is 0.156. The van der Waals surface area contributed by atoms with E-state index >= 15 is 0 Å². The van der Waals surface area contributed by atoms with Crippen LogP contribution in [0.25, 0.3) is 10.2 Å². The van der Waals surface area contributed by atoms with Crippen LogP contribution in [0.1, 0.15) is 6.42 Å². The van der Waals surface area contributed by atoms with Crippen molar-refractivity contribution in [2.24, 2.45) is 0 Å². The predicted molar refractivity (Wildman–Crippen MR) is 62.9 cm³/mol. The van der Waals surface area contributed by atoms with Crippen LogP contribution >= 0.6 is 11.3 Å². The van der Waals surface area contributed by atoms with Crippen LogP contribution in [0.4, 0.5) is 10.8 Å². The Balaban J connectivity index is 2.26. The van der Waals surface area contributed by atoms with Crippen molar-refractivity contribution in [3.8, 4) is 6.07 Å². The molecule has 0 aliphatic carbocycles. The number of amides is 1. The van der Waals surface area contributed by atoms with Crippen LogP contribution < -0.4 is 11.1 Å². The van der Waals surface area contributed by atoms with Crippen molar-refractivity contribution in [1.82, 2.24) is 4.98 Å². The second kappa shape index (κ2) is 4.16. The monoisotopic (exact) mass is 232 g/mol. The van der Waals surface area contributed by atoms with Crippen molar-refractivity contribution < 1.29 is 4.79 Å². The maximum absolute atomic E-state index is 11.2. The molecule has 1 amide bonds. The zero-order valence-electron chi connectivity index (χ0n) is 8.23. The molecule has 0 bridgehead atoms. The maximum Gasteiger partial charge on any atom is 0.238 e. The van der Waals surface area contributed by atoms with Gasteiger partial charge < -0.3 is 11.1 Å². The van der Waals surface area contributed by atoms with Gasteiger partial charge in [0, 0.05) is 5.69 Å². The van der Waals surface area contributed by atoms with E-state index in [0.29, 0.717) is 10.8 Å². The normalized spacial score (nSPS) is 9.94. The summed E-state index contributed by atoms with van der Waals surface area (Å²) in [4.78, 5) is 15.3. The smallest absolute Gasteiger partial charge is 0.238 e. The molecule has 2 aromatic rings. The first-order chi connectivity index (χ1) is 7.69. The van der Waals surface area contributed by atoms with Crippen LogP contribution in [0.2, 0.25) is 0 Å². The quantitative estimate of drug-likeness (QED) is 0.824. The van der Waals surface area contributed by atoms with Gasteiger partial charge in [0.1, 0.15) is 6.42 Å². The third kappa shape index (κ3) is 2.10. The van der Waals surface area contributed by atoms with Gasteiger partial charge in [-0.1, -0.05) is 11.3 Å². The van der Waals surface area contributed by atoms with Crippen LogP contribution in [-0.4, -0.2) is 10.9 Å². The zero-order valence-corrected chi connectivity index (χ0v) is 9.04. The van der Waals surface area contributed by atoms with Crippen molar-refractivity contribution in [3.63, 3.8) is 0 Å². The first kappa shape index (κ1) is 10.4. The van der Waals surface area contributed by atoms with E-state index in [1.165, 1.54) is 11.3 Å². The lowest BCUT2D eigenvalue weighted by molar-refractivity contribution is -0.115. The van der Waals surface area contributed by atoms with Gasteiger partial charge in [0.15, 0.2) is 5.13 Å². The number of nitrogens with one attached hydrogen (secondary N) is 1. The number of anilines is 2. The molecule has 6 heteroatoms. The number of carbonyl (C=O) groups is 1. The molecule has 0 unspecified atom stereocenters. The molecule has 0 radical (unpaired) electrons. The van der Waals surface area contributed by atoms with E-state index in [2.05, 4.69) is 10.3 Å². The number of fused-ring (bicyclic) bond motifs is 1. The summed E-state index contributed by atoms with van der Waals surface area (Å²) in [6.45, 7) is 0. The van der Waals surface area contributed by atoms with Gasteiger partial charge >= 0.3 is 0 Å². The van der Waals surface area contributed by atoms with Gasteiger partial charge in [-0.3, -0.25) is 4.79 Å². The Morgan fingerprint density at radius 3 is 3.19 bits per heavy atom. The number of nitrogen functional groups attached to an aromatic ring is 1. The Labute approximate surface area is 95.5 Å². The van der Waals surface area contributed by atoms with Gasteiger partial charge in [-0.2, -0.15) is 5.26 Å². The van der Waals surface area contributed by atoms with Crippen LogP contribution in [0, 0.1) is 11.3 Å². The van der Waals surface area contributed by atoms with Crippen LogP contribution in [0.5, 0.6) is 0 Å². The van der Waals surface area contributed by atoms with E-state index < -0.39 is 0 Å². The van der Waals surface area contributed by atoms with Crippen molar-refractivity contribution >= 4 is 38.3 Å². The molecular weight excluding hydrogens is 224 g/mol. The summed E-state index contributed by atoms with van der Waals surface area (Å²) in [5, 5.41) is 11.5. The molecular formula is C10H8N4OS. The number of benzene rings is 1. The molecule has 0 aliphatic rings. The second-order valence-electron chi connectivity index (χ2n) is 3.12. The fraction of sp³-hybridized carbons (Fsp3) is 0.100. The summed E-state index contributed by atoms with van der Waals surface area (Å²) in [6, 6.07) is 7.11. The molecule has 2 rings (SSSR count). The largest absolute Gasteiger partial charge is 0.375 e. The van der Waals surface area contributed by atoms with E-state index in [9.17, 15) is 4.79 Å². The van der Waals surface area contributed by atoms with E-state index in [1.807, 2.05) is 6.07 Å². The molecule has 80 valence electrons. The molecule has 3 N–H and O–H groups in total. The number of aromatic nitrogens is 1. The third-order valence-electron chi connectivity index (χ3n) is 1.93. The Morgan fingerprint density at radius 2 is 2.44 bits per heavy atom. The highest BCUT2D eigenvalue weighted by Gasteiger charge is 2.04. The SMILES string of the molecule is N#CCC(=O)Nc1ccc2sc(N)nc2c1. The summed E-state index contributed by atoms with van der Waals surface area (Å²) >= 11 is 1.39. The molecule has 0 saturated carbocycles. The molecule has 0 atom stereocenters. The Morgan fingerprint density at radius 1 is 1.62 bits per heavy atom. The standard InChI is InChI=1S/C10H8N4OS/c11-4-3-9(15)13-6-1-2-8-7(5-6)14-10(12)16-8/h1-2,5H,3H2,(H2,12,14)(H,13,15). The highest BCUT2D eigenvalue weighted by molar-refractivity contribution is 7.22. The van der Waals surface area contributed by atoms with Crippen molar-refractivity contribution in [2.45, 2.75) is 6.42 Å². The lowest BCUT2D eigenvalue weighted by atomic mass is 10.3. The summed E-state index contributed by atoms with van der Waals surface area (Å²) in [5.41, 5.74) is 6.94. The third-order valence-corrected chi connectivity index (χ3v) is 2.79. The fourth-order valence-corrected chi connectivity index (χ4v) is 2.01. The molecule has 0 spiro atoms. The Hall–Kier alpha value is -2.13. The topological polar surface area (TPSA) is 91.8 Å². The zero-order chi connectivity index (χ0) is 11.5. The average Bonchev–Trinajstić information content (AvgIpc) is 2.57. The number of nitriles is 1. The van der Waals surface area contributed by atoms with Crippen molar-refractivity contribution in [2.75, 3.05) is 11.1 Å². The minimum Gasteiger partial charge on any atom is -0.375 e. The molecule has 5 nitrogen and oxygen atoms in total. The lowest BCUT2D eigenvalue weighted by Crippen LogP contribution is -2.09. The van der Waals surface area contributed by atoms with Gasteiger partial charge in [0.05, 0.1) is 16.3 Å². The van der Waals surface area contributed by atoms with E-state index in [-0.39, 0.29) is 12.3 Å². The average molecular weight is 232 g/mol. The van der Waals surface area contributed by atoms with Gasteiger partial charge in [-0.15, -0.1) is 0 Å². The molecule has 1 aromatic heterocycles. The van der Waals surface area contributed by atoms with E-state index in [1.54, 1.807) is 18.2 Å². The summed E-state index contributed by atoms with van der Waals surface area (Å²) in [6.07, 6.45) is -0.156. The molecule has 1 heterocycles. The number of hydrogen-bond acceptors (Lipinski definition) is 5. The highest BCUT2D eigenvalue weighted by atomic mass is 32.1. The highest BCUT2D eigenvalue weighted by Crippen LogP contribution is 2.26. The second-order valence-corrected chi connectivity index (χ2v) is 4.18. The number of rotatable bonds is 2. The Kier molecular flexibility index (Phi) is 2.70. The number of carbonyl (C=O) groups excluding carboxylic acids is 1. The van der Waals surface area contributed by atoms with Crippen molar-refractivity contribution in [3.05, 3.63) is 18.2 Å². The maximum atomic E-state index is 11.2. The minimum atomic E-state index is -0.329. The van der Waals surface area contributed by atoms with Crippen LogP contribution in [0.3, 0.4) is 0 Å². The van der Waals surface area contributed by atoms with Gasteiger partial charge in [0.2, 0.25) is 5.91 Å². The predicted octanol–water partition coefficient (Wildman–Crippen LogP) is 1.73. The summed E-state index contributed by atoms with van der Waals surface area (Å²) < 4.78 is 0.968. The Bertz CT molecular complexity index is 584. The molecule has 0 fully saturated rings. The summed E-state index contributed by atoms with van der Waals surface area (Å²) in [7, 11) is 0. The van der Waals surface area contributed by atoms with Crippen LogP contribution in [0.15, 0.2) is 18.2 Å². The fourth-order valence-electron chi connectivity index (χ4n) is 1.30. The van der Waals surface area contributed by atoms with Gasteiger partial charge in [0.25, 0.3) is 0 Å². The molecule has 0 aliphatic heterocycles. The lowest BCUT2D eigenvalue weighted by Gasteiger charge is -2.01. The number of thiazole rings is 1. The number of nitrogens with two attached hydrogens (primary N) is 1. The van der Waals surface area contributed by atoms with E-state index in [4.69, 9.17) is 11.0 Å². The van der Waals surface area contributed by atoms with Crippen LogP contribution in [-0.2, 0) is 4.79 Å². The summed E-state index contributed by atoms with van der Waals surface area (Å²) in [5.74, 6) is -0.329. The first-order valence-electron chi connectivity index (χ1n) is 4.52. The van der Waals surface area contributed by atoms with Gasteiger partial charge in [-0.05, 0) is 18.2 Å².